The molecule has 1 unspecified atom stereocenters. The molecule has 2 aromatic rings. The molecule has 1 aromatic carbocycles. The summed E-state index contributed by atoms with van der Waals surface area (Å²) in [6, 6.07) is 9.39. The molecule has 158 valence electrons. The van der Waals surface area contributed by atoms with Crippen molar-refractivity contribution in [3.63, 3.8) is 0 Å². The van der Waals surface area contributed by atoms with Crippen LogP contribution in [-0.2, 0) is 11.3 Å². The summed E-state index contributed by atoms with van der Waals surface area (Å²) in [4.78, 5) is 41.8. The van der Waals surface area contributed by atoms with Gasteiger partial charge in [0.25, 0.3) is 11.5 Å². The number of carbonyl (C=O) groups is 2. The molecule has 0 aliphatic carbocycles. The van der Waals surface area contributed by atoms with Crippen molar-refractivity contribution in [3.8, 4) is 0 Å². The van der Waals surface area contributed by atoms with Gasteiger partial charge in [-0.1, -0.05) is 23.8 Å². The van der Waals surface area contributed by atoms with Crippen LogP contribution in [0.1, 0.15) is 58.8 Å². The summed E-state index contributed by atoms with van der Waals surface area (Å²) in [5.74, 6) is -0.144. The molecule has 2 saturated heterocycles. The first-order valence-corrected chi connectivity index (χ1v) is 10.8. The topological polar surface area (TPSA) is 62.6 Å². The van der Waals surface area contributed by atoms with Crippen molar-refractivity contribution < 1.29 is 9.59 Å². The lowest BCUT2D eigenvalue weighted by molar-refractivity contribution is -0.130. The van der Waals surface area contributed by atoms with Crippen LogP contribution in [0.4, 0.5) is 0 Å². The minimum absolute atomic E-state index is 0.0135. The van der Waals surface area contributed by atoms with Gasteiger partial charge in [0.1, 0.15) is 6.54 Å². The van der Waals surface area contributed by atoms with Crippen LogP contribution >= 0.6 is 0 Å². The first-order valence-electron chi connectivity index (χ1n) is 10.8. The molecule has 6 nitrogen and oxygen atoms in total. The Morgan fingerprint density at radius 1 is 1.00 bits per heavy atom. The van der Waals surface area contributed by atoms with Crippen molar-refractivity contribution in [2.24, 2.45) is 0 Å². The van der Waals surface area contributed by atoms with E-state index in [1.807, 2.05) is 4.90 Å². The normalized spacial score (nSPS) is 18.8. The zero-order chi connectivity index (χ0) is 21.3. The number of aryl methyl sites for hydroxylation is 2. The predicted molar refractivity (Wildman–Crippen MR) is 115 cm³/mol. The largest absolute Gasteiger partial charge is 0.341 e. The van der Waals surface area contributed by atoms with Gasteiger partial charge in [0, 0.05) is 31.9 Å². The SMILES string of the molecule is Cc1ccc(C)c(C2CCCN2C(=O)c2ccc(=O)n(CC(=O)N3CCCC3)c2)c1. The Morgan fingerprint density at radius 2 is 1.77 bits per heavy atom. The lowest BCUT2D eigenvalue weighted by atomic mass is 9.97. The maximum absolute atomic E-state index is 13.3. The van der Waals surface area contributed by atoms with E-state index < -0.39 is 0 Å². The summed E-state index contributed by atoms with van der Waals surface area (Å²) < 4.78 is 1.37. The molecule has 3 heterocycles. The van der Waals surface area contributed by atoms with Gasteiger partial charge < -0.3 is 14.4 Å². The van der Waals surface area contributed by atoms with Gasteiger partial charge in [-0.15, -0.1) is 0 Å². The molecule has 0 saturated carbocycles. The highest BCUT2D eigenvalue weighted by Crippen LogP contribution is 2.35. The average molecular weight is 408 g/mol. The molecule has 6 heteroatoms. The fourth-order valence-electron chi connectivity index (χ4n) is 4.61. The van der Waals surface area contributed by atoms with E-state index in [9.17, 15) is 14.4 Å². The molecule has 30 heavy (non-hydrogen) atoms. The van der Waals surface area contributed by atoms with Crippen molar-refractivity contribution in [2.45, 2.75) is 52.1 Å². The number of hydrogen-bond acceptors (Lipinski definition) is 3. The third-order valence-corrected chi connectivity index (χ3v) is 6.30. The third kappa shape index (κ3) is 4.04. The number of amides is 2. The number of pyridine rings is 1. The third-order valence-electron chi connectivity index (χ3n) is 6.30. The number of carbonyl (C=O) groups excluding carboxylic acids is 2. The number of aromatic nitrogens is 1. The Labute approximate surface area is 177 Å². The van der Waals surface area contributed by atoms with Gasteiger partial charge in [0.2, 0.25) is 5.91 Å². The minimum Gasteiger partial charge on any atom is -0.341 e. The summed E-state index contributed by atoms with van der Waals surface area (Å²) >= 11 is 0. The van der Waals surface area contributed by atoms with E-state index >= 15 is 0 Å². The molecule has 0 N–H and O–H groups in total. The second-order valence-electron chi connectivity index (χ2n) is 8.49. The first kappa shape index (κ1) is 20.4. The second-order valence-corrected chi connectivity index (χ2v) is 8.49. The Bertz CT molecular complexity index is 1020. The van der Waals surface area contributed by atoms with Crippen molar-refractivity contribution in [1.82, 2.24) is 14.4 Å². The van der Waals surface area contributed by atoms with E-state index in [1.165, 1.54) is 27.3 Å². The number of rotatable bonds is 4. The molecule has 2 aliphatic rings. The molecular formula is C24H29N3O3. The molecule has 1 aromatic heterocycles. The molecule has 2 amide bonds. The Morgan fingerprint density at radius 3 is 2.53 bits per heavy atom. The monoisotopic (exact) mass is 407 g/mol. The fourth-order valence-corrected chi connectivity index (χ4v) is 4.61. The zero-order valence-electron chi connectivity index (χ0n) is 17.8. The fraction of sp³-hybridized carbons (Fsp3) is 0.458. The summed E-state index contributed by atoms with van der Waals surface area (Å²) in [6.07, 6.45) is 5.46. The maximum Gasteiger partial charge on any atom is 0.255 e. The van der Waals surface area contributed by atoms with Crippen LogP contribution in [0.15, 0.2) is 41.3 Å². The highest BCUT2D eigenvalue weighted by Gasteiger charge is 2.32. The second kappa shape index (κ2) is 8.46. The molecule has 4 rings (SSSR count). The van der Waals surface area contributed by atoms with Gasteiger partial charge in [-0.3, -0.25) is 14.4 Å². The maximum atomic E-state index is 13.3. The van der Waals surface area contributed by atoms with Gasteiger partial charge in [-0.2, -0.15) is 0 Å². The number of hydrogen-bond donors (Lipinski definition) is 0. The van der Waals surface area contributed by atoms with E-state index in [0.29, 0.717) is 12.1 Å². The standard InChI is InChI=1S/C24H29N3O3/c1-17-7-8-18(2)20(14-17)21-6-5-13-27(21)24(30)19-9-10-22(28)26(15-19)16-23(29)25-11-3-4-12-25/h7-10,14-15,21H,3-6,11-13,16H2,1-2H3. The summed E-state index contributed by atoms with van der Waals surface area (Å²) in [6.45, 7) is 6.33. The molecule has 2 aliphatic heterocycles. The van der Waals surface area contributed by atoms with Gasteiger partial charge in [0.05, 0.1) is 11.6 Å². The number of benzene rings is 1. The minimum atomic E-state index is -0.258. The highest BCUT2D eigenvalue weighted by atomic mass is 16.2. The van der Waals surface area contributed by atoms with Crippen LogP contribution < -0.4 is 5.56 Å². The highest BCUT2D eigenvalue weighted by molar-refractivity contribution is 5.94. The van der Waals surface area contributed by atoms with E-state index in [-0.39, 0.29) is 30.0 Å². The van der Waals surface area contributed by atoms with Gasteiger partial charge in [0.15, 0.2) is 0 Å². The van der Waals surface area contributed by atoms with Gasteiger partial charge in [-0.25, -0.2) is 0 Å². The molecule has 0 spiro atoms. The smallest absolute Gasteiger partial charge is 0.255 e. The van der Waals surface area contributed by atoms with Crippen LogP contribution in [-0.4, -0.2) is 45.8 Å². The summed E-state index contributed by atoms with van der Waals surface area (Å²) in [7, 11) is 0. The number of nitrogens with zero attached hydrogens (tertiary/aromatic N) is 3. The number of likely N-dealkylation sites (tertiary alicyclic amines) is 2. The Hall–Kier alpha value is -2.89. The molecule has 0 radical (unpaired) electrons. The van der Waals surface area contributed by atoms with Crippen molar-refractivity contribution in [3.05, 3.63) is 69.1 Å². The Balaban J connectivity index is 1.57. The van der Waals surface area contributed by atoms with E-state index in [1.54, 1.807) is 17.2 Å². The Kier molecular flexibility index (Phi) is 5.75. The zero-order valence-corrected chi connectivity index (χ0v) is 17.8. The molecular weight excluding hydrogens is 378 g/mol. The summed E-state index contributed by atoms with van der Waals surface area (Å²) in [5, 5.41) is 0. The molecule has 0 bridgehead atoms. The predicted octanol–water partition coefficient (Wildman–Crippen LogP) is 3.06. The van der Waals surface area contributed by atoms with Crippen molar-refractivity contribution in [2.75, 3.05) is 19.6 Å². The lowest BCUT2D eigenvalue weighted by Crippen LogP contribution is -2.35. The molecule has 2 fully saturated rings. The van der Waals surface area contributed by atoms with E-state index in [2.05, 4.69) is 32.0 Å². The van der Waals surface area contributed by atoms with Crippen LogP contribution in [0, 0.1) is 13.8 Å². The van der Waals surface area contributed by atoms with E-state index in [0.717, 1.165) is 38.8 Å². The van der Waals surface area contributed by atoms with Gasteiger partial charge in [-0.05, 0) is 56.7 Å². The van der Waals surface area contributed by atoms with E-state index in [4.69, 9.17) is 0 Å². The van der Waals surface area contributed by atoms with Crippen molar-refractivity contribution in [1.29, 1.82) is 0 Å². The van der Waals surface area contributed by atoms with Crippen LogP contribution in [0.3, 0.4) is 0 Å². The van der Waals surface area contributed by atoms with Crippen LogP contribution in [0.25, 0.3) is 0 Å². The van der Waals surface area contributed by atoms with Gasteiger partial charge >= 0.3 is 0 Å². The van der Waals surface area contributed by atoms with Crippen LogP contribution in [0.5, 0.6) is 0 Å². The van der Waals surface area contributed by atoms with Crippen LogP contribution in [0.2, 0.25) is 0 Å². The summed E-state index contributed by atoms with van der Waals surface area (Å²) in [5.41, 5.74) is 3.77. The van der Waals surface area contributed by atoms with Crippen molar-refractivity contribution >= 4 is 11.8 Å². The molecule has 1 atom stereocenters. The lowest BCUT2D eigenvalue weighted by Gasteiger charge is -2.27. The average Bonchev–Trinajstić information content (AvgIpc) is 3.43. The quantitative estimate of drug-likeness (QED) is 0.783. The first-order chi connectivity index (χ1) is 14.4.